The van der Waals surface area contributed by atoms with Crippen molar-refractivity contribution in [2.45, 2.75) is 37.4 Å². The number of benzene rings is 1. The number of hydrogen-bond acceptors (Lipinski definition) is 8. The van der Waals surface area contributed by atoms with Gasteiger partial charge < -0.3 is 20.7 Å². The third-order valence-electron chi connectivity index (χ3n) is 4.16. The Morgan fingerprint density at radius 1 is 1.29 bits per heavy atom. The van der Waals surface area contributed by atoms with Crippen molar-refractivity contribution in [2.24, 2.45) is 0 Å². The molecule has 3 rings (SSSR count). The maximum absolute atomic E-state index is 12.4. The zero-order valence-corrected chi connectivity index (χ0v) is 16.9. The molecule has 1 aromatic heterocycles. The molecule has 2 heterocycles. The number of alkyl halides is 3. The minimum Gasteiger partial charge on any atom is -0.475 e. The normalized spacial score (nSPS) is 13.9. The number of nitrogens with two attached hydrogens (primary N) is 1. The number of nitrogens with zero attached hydrogens (tertiary/aromatic N) is 1. The first kappa shape index (κ1) is 24.1. The number of carbonyl (C=O) groups excluding carboxylic acids is 1. The van der Waals surface area contributed by atoms with Crippen LogP contribution in [0, 0.1) is 6.92 Å². The van der Waals surface area contributed by atoms with Crippen LogP contribution < -0.4 is 15.8 Å². The summed E-state index contributed by atoms with van der Waals surface area (Å²) in [6.07, 6.45) is -3.28. The van der Waals surface area contributed by atoms with E-state index in [0.717, 1.165) is 37.1 Å². The van der Waals surface area contributed by atoms with E-state index in [9.17, 15) is 26.4 Å². The molecular weight excluding hydrogens is 445 g/mol. The standard InChI is InChI=1S/C15H18N4O4S.C2HF3O2/c1-9-13(14(16)18-23-9)24(21,22)19-15(20)11-4-5-12-8-17-6-2-3-10(12)7-11;3-2(4,5)1(6)7/h4-5,7,17H,2-3,6,8H2,1H3,(H2,16,18)(H,19,20);(H,6,7). The van der Waals surface area contributed by atoms with Crippen LogP contribution in [0.2, 0.25) is 0 Å². The van der Waals surface area contributed by atoms with Crippen molar-refractivity contribution in [3.63, 3.8) is 0 Å². The number of carboxylic acids is 1. The van der Waals surface area contributed by atoms with Crippen LogP contribution in [0.1, 0.15) is 33.7 Å². The maximum atomic E-state index is 12.4. The maximum Gasteiger partial charge on any atom is 0.490 e. The summed E-state index contributed by atoms with van der Waals surface area (Å²) in [5, 5.41) is 13.8. The number of aryl methyl sites for hydroxylation is 2. The number of carbonyl (C=O) groups is 2. The number of carboxylic acid groups (broad SMARTS) is 1. The first-order chi connectivity index (χ1) is 14.3. The van der Waals surface area contributed by atoms with E-state index in [-0.39, 0.29) is 22.0 Å². The van der Waals surface area contributed by atoms with Gasteiger partial charge in [0.1, 0.15) is 0 Å². The van der Waals surface area contributed by atoms with Crippen molar-refractivity contribution in [2.75, 3.05) is 12.3 Å². The lowest BCUT2D eigenvalue weighted by Gasteiger charge is -2.10. The minimum absolute atomic E-state index is 0.0285. The predicted molar refractivity (Wildman–Crippen MR) is 100 cm³/mol. The topological polar surface area (TPSA) is 165 Å². The summed E-state index contributed by atoms with van der Waals surface area (Å²) in [5.74, 6) is -3.72. The number of aliphatic carboxylic acids is 1. The summed E-state index contributed by atoms with van der Waals surface area (Å²) in [4.78, 5) is 20.9. The molecule has 0 spiro atoms. The van der Waals surface area contributed by atoms with Crippen molar-refractivity contribution in [3.05, 3.63) is 40.6 Å². The van der Waals surface area contributed by atoms with E-state index in [4.69, 9.17) is 20.2 Å². The fourth-order valence-corrected chi connectivity index (χ4v) is 3.93. The van der Waals surface area contributed by atoms with E-state index >= 15 is 0 Å². The lowest BCUT2D eigenvalue weighted by molar-refractivity contribution is -0.192. The zero-order chi connectivity index (χ0) is 23.4. The van der Waals surface area contributed by atoms with Crippen molar-refractivity contribution >= 4 is 27.7 Å². The molecule has 10 nitrogen and oxygen atoms in total. The number of nitrogens with one attached hydrogen (secondary N) is 2. The fraction of sp³-hybridized carbons (Fsp3) is 0.353. The molecule has 0 saturated heterocycles. The van der Waals surface area contributed by atoms with Gasteiger partial charge in [0.05, 0.1) is 0 Å². The van der Waals surface area contributed by atoms with Crippen molar-refractivity contribution in [3.8, 4) is 0 Å². The number of sulfonamides is 1. The minimum atomic E-state index is -5.08. The summed E-state index contributed by atoms with van der Waals surface area (Å²) < 4.78 is 63.2. The third kappa shape index (κ3) is 6.18. The highest BCUT2D eigenvalue weighted by Crippen LogP contribution is 2.22. The van der Waals surface area contributed by atoms with Crippen LogP contribution in [0.3, 0.4) is 0 Å². The van der Waals surface area contributed by atoms with Gasteiger partial charge in [-0.05, 0) is 49.6 Å². The Kier molecular flexibility index (Phi) is 7.28. The molecular formula is C17H19F3N4O6S. The molecule has 5 N–H and O–H groups in total. The Balaban J connectivity index is 0.000000423. The average Bonchev–Trinajstić information content (AvgIpc) is 2.87. The molecule has 31 heavy (non-hydrogen) atoms. The molecule has 1 aromatic carbocycles. The Morgan fingerprint density at radius 2 is 1.94 bits per heavy atom. The number of anilines is 1. The lowest BCUT2D eigenvalue weighted by Crippen LogP contribution is -2.31. The summed E-state index contributed by atoms with van der Waals surface area (Å²) in [7, 11) is -4.15. The largest absolute Gasteiger partial charge is 0.490 e. The average molecular weight is 464 g/mol. The van der Waals surface area contributed by atoms with E-state index in [1.165, 1.54) is 6.92 Å². The van der Waals surface area contributed by atoms with Gasteiger partial charge in [-0.2, -0.15) is 13.2 Å². The van der Waals surface area contributed by atoms with Gasteiger partial charge in [-0.3, -0.25) is 4.79 Å². The first-order valence-corrected chi connectivity index (χ1v) is 10.2. The van der Waals surface area contributed by atoms with Gasteiger partial charge in [0, 0.05) is 12.1 Å². The van der Waals surface area contributed by atoms with Crippen molar-refractivity contribution in [1.82, 2.24) is 15.2 Å². The van der Waals surface area contributed by atoms with E-state index in [1.54, 1.807) is 12.1 Å². The molecule has 0 atom stereocenters. The van der Waals surface area contributed by atoms with Gasteiger partial charge in [-0.1, -0.05) is 11.2 Å². The fourth-order valence-electron chi connectivity index (χ4n) is 2.74. The molecule has 0 fully saturated rings. The molecule has 1 aliphatic rings. The van der Waals surface area contributed by atoms with Crippen molar-refractivity contribution in [1.29, 1.82) is 0 Å². The molecule has 2 aromatic rings. The Hall–Kier alpha value is -3.13. The second-order valence-electron chi connectivity index (χ2n) is 6.45. The van der Waals surface area contributed by atoms with E-state index < -0.39 is 28.1 Å². The number of fused-ring (bicyclic) bond motifs is 1. The molecule has 1 amide bonds. The van der Waals surface area contributed by atoms with E-state index in [0.29, 0.717) is 0 Å². The molecule has 0 bridgehead atoms. The quantitative estimate of drug-likeness (QED) is 0.525. The number of rotatable bonds is 3. The number of hydrogen-bond donors (Lipinski definition) is 4. The highest BCUT2D eigenvalue weighted by atomic mass is 32.2. The highest BCUT2D eigenvalue weighted by molar-refractivity contribution is 7.90. The Bertz CT molecular complexity index is 1060. The second kappa shape index (κ2) is 9.34. The predicted octanol–water partition coefficient (Wildman–Crippen LogP) is 1.35. The molecule has 14 heteroatoms. The van der Waals surface area contributed by atoms with Gasteiger partial charge in [-0.15, -0.1) is 0 Å². The monoisotopic (exact) mass is 464 g/mol. The second-order valence-corrected chi connectivity index (χ2v) is 8.07. The number of nitrogen functional groups attached to an aromatic ring is 1. The van der Waals surface area contributed by atoms with Gasteiger partial charge in [0.15, 0.2) is 16.5 Å². The van der Waals surface area contributed by atoms with Crippen LogP contribution >= 0.6 is 0 Å². The highest BCUT2D eigenvalue weighted by Gasteiger charge is 2.38. The Morgan fingerprint density at radius 3 is 2.48 bits per heavy atom. The lowest BCUT2D eigenvalue weighted by atomic mass is 10.0. The molecule has 170 valence electrons. The first-order valence-electron chi connectivity index (χ1n) is 8.74. The summed E-state index contributed by atoms with van der Waals surface area (Å²) in [6.45, 7) is 3.07. The number of aromatic nitrogens is 1. The van der Waals surface area contributed by atoms with Crippen molar-refractivity contribution < 1.29 is 40.8 Å². The molecule has 0 radical (unpaired) electrons. The summed E-state index contributed by atoms with van der Waals surface area (Å²) in [5.41, 5.74) is 7.96. The van der Waals surface area contributed by atoms with Gasteiger partial charge in [-0.25, -0.2) is 17.9 Å². The van der Waals surface area contributed by atoms with Crippen LogP contribution in [-0.4, -0.2) is 43.3 Å². The molecule has 0 saturated carbocycles. The van der Waals surface area contributed by atoms with E-state index in [2.05, 4.69) is 10.5 Å². The van der Waals surface area contributed by atoms with Crippen LogP contribution in [0.4, 0.5) is 19.0 Å². The van der Waals surface area contributed by atoms with Gasteiger partial charge >= 0.3 is 12.1 Å². The van der Waals surface area contributed by atoms with Gasteiger partial charge in [0.2, 0.25) is 0 Å². The Labute approximate surface area is 174 Å². The number of amides is 1. The summed E-state index contributed by atoms with van der Waals surface area (Å²) >= 11 is 0. The van der Waals surface area contributed by atoms with Crippen LogP contribution in [-0.2, 0) is 27.8 Å². The summed E-state index contributed by atoms with van der Waals surface area (Å²) in [6, 6.07) is 5.19. The number of halogens is 3. The zero-order valence-electron chi connectivity index (χ0n) is 16.1. The molecule has 0 aliphatic carbocycles. The molecule has 1 aliphatic heterocycles. The van der Waals surface area contributed by atoms with Gasteiger partial charge in [0.25, 0.3) is 15.9 Å². The third-order valence-corrected chi connectivity index (χ3v) is 5.64. The van der Waals surface area contributed by atoms with Crippen LogP contribution in [0.15, 0.2) is 27.6 Å². The van der Waals surface area contributed by atoms with E-state index in [1.807, 2.05) is 10.8 Å². The van der Waals surface area contributed by atoms with Crippen LogP contribution in [0.5, 0.6) is 0 Å². The SMILES string of the molecule is Cc1onc(N)c1S(=O)(=O)NC(=O)c1ccc2c(c1)CCCNC2.O=C(O)C(F)(F)F. The molecule has 0 unspecified atom stereocenters. The smallest absolute Gasteiger partial charge is 0.475 e. The van der Waals surface area contributed by atoms with Crippen LogP contribution in [0.25, 0.3) is 0 Å².